The number of hydrogen-bond donors (Lipinski definition) is 1. The maximum Gasteiger partial charge on any atom is 0.350 e. The van der Waals surface area contributed by atoms with Crippen LogP contribution >= 0.6 is 22.7 Å². The van der Waals surface area contributed by atoms with Crippen LogP contribution < -0.4 is 5.32 Å². The Balaban J connectivity index is 2.13. The molecule has 0 bridgehead atoms. The Morgan fingerprint density at radius 2 is 2.14 bits per heavy atom. The molecule has 0 unspecified atom stereocenters. The number of nitrogens with one attached hydrogen (secondary N) is 1. The lowest BCUT2D eigenvalue weighted by atomic mass is 10.4. The summed E-state index contributed by atoms with van der Waals surface area (Å²) in [5.41, 5.74) is 0.455. The number of rotatable bonds is 5. The van der Waals surface area contributed by atoms with Crippen LogP contribution in [0.1, 0.15) is 32.0 Å². The number of hydrogen-bond acceptors (Lipinski definition) is 8. The molecule has 0 saturated carbocycles. The predicted octanol–water partition coefficient (Wildman–Crippen LogP) is 2.85. The summed E-state index contributed by atoms with van der Waals surface area (Å²) >= 11 is 1.76. The van der Waals surface area contributed by atoms with Crippen LogP contribution in [-0.2, 0) is 4.74 Å². The number of carbonyl (C=O) groups is 2. The van der Waals surface area contributed by atoms with Gasteiger partial charge in [-0.25, -0.2) is 9.78 Å². The molecule has 0 aromatic carbocycles. The van der Waals surface area contributed by atoms with Crippen molar-refractivity contribution in [3.05, 3.63) is 37.7 Å². The van der Waals surface area contributed by atoms with Gasteiger partial charge in [0.25, 0.3) is 5.91 Å². The lowest BCUT2D eigenvalue weighted by Gasteiger charge is -1.98. The van der Waals surface area contributed by atoms with E-state index in [1.54, 1.807) is 13.8 Å². The number of esters is 1. The van der Waals surface area contributed by atoms with Crippen molar-refractivity contribution in [1.82, 2.24) is 4.98 Å². The molecule has 116 valence electrons. The van der Waals surface area contributed by atoms with Gasteiger partial charge in [0.05, 0.1) is 22.1 Å². The molecule has 2 aromatic rings. The second-order valence-electron chi connectivity index (χ2n) is 4.00. The summed E-state index contributed by atoms with van der Waals surface area (Å²) in [6.07, 6.45) is 0. The van der Waals surface area contributed by atoms with Gasteiger partial charge in [-0.15, -0.1) is 0 Å². The third kappa shape index (κ3) is 3.46. The highest BCUT2D eigenvalue weighted by Crippen LogP contribution is 2.27. The van der Waals surface area contributed by atoms with Gasteiger partial charge in [-0.05, 0) is 19.9 Å². The SMILES string of the molecule is CCOC(=O)c1sc(NC(=O)c2ccc([N+](=O)[O-])s2)nc1C. The number of ether oxygens (including phenoxy) is 1. The molecule has 0 atom stereocenters. The fraction of sp³-hybridized carbons (Fsp3) is 0.250. The van der Waals surface area contributed by atoms with Crippen LogP contribution in [0.15, 0.2) is 12.1 Å². The van der Waals surface area contributed by atoms with Gasteiger partial charge in [0.1, 0.15) is 4.88 Å². The summed E-state index contributed by atoms with van der Waals surface area (Å²) in [5, 5.41) is 13.2. The van der Waals surface area contributed by atoms with E-state index in [2.05, 4.69) is 10.3 Å². The molecule has 10 heteroatoms. The van der Waals surface area contributed by atoms with Crippen LogP contribution in [-0.4, -0.2) is 28.4 Å². The van der Waals surface area contributed by atoms with E-state index in [-0.39, 0.29) is 21.6 Å². The summed E-state index contributed by atoms with van der Waals surface area (Å²) in [4.78, 5) is 38.3. The Morgan fingerprint density at radius 1 is 1.41 bits per heavy atom. The lowest BCUT2D eigenvalue weighted by molar-refractivity contribution is -0.380. The van der Waals surface area contributed by atoms with E-state index in [0.29, 0.717) is 10.6 Å². The number of nitrogens with zero attached hydrogens (tertiary/aromatic N) is 2. The average molecular weight is 341 g/mol. The molecular weight excluding hydrogens is 330 g/mol. The first-order chi connectivity index (χ1) is 10.4. The number of aromatic nitrogens is 1. The normalized spacial score (nSPS) is 10.3. The number of anilines is 1. The number of nitro groups is 1. The van der Waals surface area contributed by atoms with Crippen molar-refractivity contribution in [2.75, 3.05) is 11.9 Å². The highest BCUT2D eigenvalue weighted by Gasteiger charge is 2.20. The molecule has 8 nitrogen and oxygen atoms in total. The van der Waals surface area contributed by atoms with E-state index < -0.39 is 16.8 Å². The molecule has 0 aliphatic rings. The number of thiazole rings is 1. The van der Waals surface area contributed by atoms with Gasteiger partial charge in [-0.2, -0.15) is 0 Å². The third-order valence-electron chi connectivity index (χ3n) is 2.47. The van der Waals surface area contributed by atoms with E-state index in [9.17, 15) is 19.7 Å². The van der Waals surface area contributed by atoms with Gasteiger partial charge in [0, 0.05) is 6.07 Å². The molecule has 0 fully saturated rings. The van der Waals surface area contributed by atoms with Crippen molar-refractivity contribution in [2.45, 2.75) is 13.8 Å². The van der Waals surface area contributed by atoms with Crippen molar-refractivity contribution in [3.63, 3.8) is 0 Å². The molecule has 0 aliphatic heterocycles. The van der Waals surface area contributed by atoms with Gasteiger partial charge < -0.3 is 4.74 Å². The fourth-order valence-corrected chi connectivity index (χ4v) is 3.11. The first-order valence-electron chi connectivity index (χ1n) is 6.12. The average Bonchev–Trinajstić information content (AvgIpc) is 3.06. The van der Waals surface area contributed by atoms with E-state index in [1.165, 1.54) is 12.1 Å². The molecule has 0 saturated heterocycles. The third-order valence-corrected chi connectivity index (χ3v) is 4.56. The van der Waals surface area contributed by atoms with Crippen molar-refractivity contribution in [3.8, 4) is 0 Å². The smallest absolute Gasteiger partial charge is 0.350 e. The Hall–Kier alpha value is -2.33. The Morgan fingerprint density at radius 3 is 2.73 bits per heavy atom. The lowest BCUT2D eigenvalue weighted by Crippen LogP contribution is -2.09. The van der Waals surface area contributed by atoms with Crippen LogP contribution in [0.2, 0.25) is 0 Å². The Labute approximate surface area is 132 Å². The molecule has 2 heterocycles. The molecule has 1 amide bonds. The minimum Gasteiger partial charge on any atom is -0.462 e. The van der Waals surface area contributed by atoms with Crippen molar-refractivity contribution in [1.29, 1.82) is 0 Å². The molecule has 2 aromatic heterocycles. The van der Waals surface area contributed by atoms with E-state index in [0.717, 1.165) is 22.7 Å². The molecule has 0 spiro atoms. The van der Waals surface area contributed by atoms with E-state index in [1.807, 2.05) is 0 Å². The second-order valence-corrected chi connectivity index (χ2v) is 6.06. The molecule has 0 radical (unpaired) electrons. The minimum absolute atomic E-state index is 0.118. The van der Waals surface area contributed by atoms with Crippen LogP contribution in [0.3, 0.4) is 0 Å². The minimum atomic E-state index is -0.562. The van der Waals surface area contributed by atoms with Gasteiger partial charge in [0.15, 0.2) is 5.13 Å². The quantitative estimate of drug-likeness (QED) is 0.508. The molecular formula is C12H11N3O5S2. The summed E-state index contributed by atoms with van der Waals surface area (Å²) in [7, 11) is 0. The first-order valence-corrected chi connectivity index (χ1v) is 7.75. The van der Waals surface area contributed by atoms with Crippen molar-refractivity contribution < 1.29 is 19.2 Å². The second kappa shape index (κ2) is 6.62. The van der Waals surface area contributed by atoms with E-state index in [4.69, 9.17) is 4.74 Å². The van der Waals surface area contributed by atoms with Gasteiger partial charge >= 0.3 is 11.0 Å². The Kier molecular flexibility index (Phi) is 4.83. The largest absolute Gasteiger partial charge is 0.462 e. The monoisotopic (exact) mass is 341 g/mol. The zero-order valence-corrected chi connectivity index (χ0v) is 13.2. The van der Waals surface area contributed by atoms with Gasteiger partial charge in [-0.3, -0.25) is 20.2 Å². The number of thiophene rings is 1. The predicted molar refractivity (Wildman–Crippen MR) is 81.7 cm³/mol. The van der Waals surface area contributed by atoms with E-state index >= 15 is 0 Å². The first kappa shape index (κ1) is 16.0. The van der Waals surface area contributed by atoms with Crippen LogP contribution in [0.5, 0.6) is 0 Å². The standard InChI is InChI=1S/C12H11N3O5S2/c1-3-20-11(17)9-6(2)13-12(22-9)14-10(16)7-4-5-8(21-7)15(18)19/h4-5H,3H2,1-2H3,(H,13,14,16). The van der Waals surface area contributed by atoms with Crippen LogP contribution in [0.25, 0.3) is 0 Å². The number of aryl methyl sites for hydroxylation is 1. The fourth-order valence-electron chi connectivity index (χ4n) is 1.54. The zero-order chi connectivity index (χ0) is 16.3. The Bertz CT molecular complexity index is 737. The number of amides is 1. The zero-order valence-electron chi connectivity index (χ0n) is 11.6. The van der Waals surface area contributed by atoms with Crippen LogP contribution in [0.4, 0.5) is 10.1 Å². The maximum absolute atomic E-state index is 12.0. The summed E-state index contributed by atoms with van der Waals surface area (Å²) in [5.74, 6) is -1.01. The molecule has 0 aliphatic carbocycles. The number of carbonyl (C=O) groups excluding carboxylic acids is 2. The summed E-state index contributed by atoms with van der Waals surface area (Å²) in [6.45, 7) is 3.58. The summed E-state index contributed by atoms with van der Waals surface area (Å²) in [6, 6.07) is 2.63. The highest BCUT2D eigenvalue weighted by molar-refractivity contribution is 7.18. The highest BCUT2D eigenvalue weighted by atomic mass is 32.1. The van der Waals surface area contributed by atoms with Crippen molar-refractivity contribution >= 4 is 44.7 Å². The molecule has 22 heavy (non-hydrogen) atoms. The van der Waals surface area contributed by atoms with Gasteiger partial charge in [-0.1, -0.05) is 22.7 Å². The molecule has 1 N–H and O–H groups in total. The summed E-state index contributed by atoms with van der Waals surface area (Å²) < 4.78 is 4.89. The van der Waals surface area contributed by atoms with Crippen LogP contribution in [0, 0.1) is 17.0 Å². The van der Waals surface area contributed by atoms with Gasteiger partial charge in [0.2, 0.25) is 0 Å². The maximum atomic E-state index is 12.0. The van der Waals surface area contributed by atoms with Crippen molar-refractivity contribution in [2.24, 2.45) is 0 Å². The molecule has 2 rings (SSSR count). The topological polar surface area (TPSA) is 111 Å².